The molecular formula is C18H15F4N3O4. The van der Waals surface area contributed by atoms with Crippen LogP contribution in [0, 0.1) is 11.6 Å². The number of imidazole rings is 1. The smallest absolute Gasteiger partial charge is 0.388 e. The molecule has 2 aromatic heterocycles. The van der Waals surface area contributed by atoms with Crippen LogP contribution >= 0.6 is 0 Å². The molecule has 2 heterocycles. The Bertz CT molecular complexity index is 1150. The van der Waals surface area contributed by atoms with Crippen molar-refractivity contribution >= 4 is 17.0 Å². The molecule has 154 valence electrons. The number of benzene rings is 1. The summed E-state index contributed by atoms with van der Waals surface area (Å²) in [6, 6.07) is 2.34. The van der Waals surface area contributed by atoms with Gasteiger partial charge in [-0.15, -0.1) is 0 Å². The monoisotopic (exact) mass is 413 g/mol. The normalized spacial score (nSPS) is 11.5. The first-order chi connectivity index (χ1) is 13.6. The highest BCUT2D eigenvalue weighted by Gasteiger charge is 2.24. The van der Waals surface area contributed by atoms with Gasteiger partial charge in [0.2, 0.25) is 5.88 Å². The van der Waals surface area contributed by atoms with E-state index in [1.807, 2.05) is 0 Å². The van der Waals surface area contributed by atoms with E-state index >= 15 is 0 Å². The third kappa shape index (κ3) is 3.55. The van der Waals surface area contributed by atoms with Gasteiger partial charge in [0.25, 0.3) is 0 Å². The van der Waals surface area contributed by atoms with Gasteiger partial charge in [-0.25, -0.2) is 23.4 Å². The Labute approximate surface area is 161 Å². The van der Waals surface area contributed by atoms with Gasteiger partial charge in [0.05, 0.1) is 35.6 Å². The molecule has 11 heteroatoms. The SMILES string of the molecule is COC(=O)c1cc2c(cc1F)n(-c1cc(OC(F)F)ncc1F)c(=O)n2C(C)C. The third-order valence-corrected chi connectivity index (χ3v) is 4.14. The average molecular weight is 413 g/mol. The second kappa shape index (κ2) is 7.57. The van der Waals surface area contributed by atoms with Crippen LogP contribution in [0.1, 0.15) is 30.2 Å². The van der Waals surface area contributed by atoms with Crippen molar-refractivity contribution in [1.82, 2.24) is 14.1 Å². The highest BCUT2D eigenvalue weighted by molar-refractivity contribution is 5.94. The van der Waals surface area contributed by atoms with Gasteiger partial charge >= 0.3 is 18.3 Å². The van der Waals surface area contributed by atoms with Gasteiger partial charge in [-0.1, -0.05) is 0 Å². The first kappa shape index (κ1) is 20.4. The highest BCUT2D eigenvalue weighted by Crippen LogP contribution is 2.27. The van der Waals surface area contributed by atoms with Gasteiger partial charge in [0, 0.05) is 18.2 Å². The molecule has 0 saturated heterocycles. The first-order valence-electron chi connectivity index (χ1n) is 8.31. The molecule has 7 nitrogen and oxygen atoms in total. The van der Waals surface area contributed by atoms with Gasteiger partial charge in [0.15, 0.2) is 5.82 Å². The van der Waals surface area contributed by atoms with Crippen molar-refractivity contribution < 1.29 is 31.8 Å². The fraction of sp³-hybridized carbons (Fsp3) is 0.278. The second-order valence-corrected chi connectivity index (χ2v) is 6.25. The van der Waals surface area contributed by atoms with Crippen molar-refractivity contribution in [1.29, 1.82) is 0 Å². The van der Waals surface area contributed by atoms with Crippen LogP contribution in [0.3, 0.4) is 0 Å². The molecule has 0 spiro atoms. The largest absolute Gasteiger partial charge is 0.465 e. The minimum atomic E-state index is -3.21. The van der Waals surface area contributed by atoms with Gasteiger partial charge in [-0.3, -0.25) is 9.13 Å². The summed E-state index contributed by atoms with van der Waals surface area (Å²) in [5, 5.41) is 0. The molecule has 3 rings (SSSR count). The molecule has 0 radical (unpaired) electrons. The van der Waals surface area contributed by atoms with E-state index in [4.69, 9.17) is 0 Å². The maximum Gasteiger partial charge on any atom is 0.388 e. The number of carbonyl (C=O) groups is 1. The molecule has 1 aromatic carbocycles. The number of carbonyl (C=O) groups excluding carboxylic acids is 1. The quantitative estimate of drug-likeness (QED) is 0.473. The predicted molar refractivity (Wildman–Crippen MR) is 93.6 cm³/mol. The topological polar surface area (TPSA) is 75.3 Å². The Morgan fingerprint density at radius 1 is 1.10 bits per heavy atom. The lowest BCUT2D eigenvalue weighted by Gasteiger charge is -2.08. The van der Waals surface area contributed by atoms with E-state index < -0.39 is 53.1 Å². The van der Waals surface area contributed by atoms with Crippen molar-refractivity contribution in [3.63, 3.8) is 0 Å². The molecule has 0 bridgehead atoms. The third-order valence-electron chi connectivity index (χ3n) is 4.14. The number of alkyl halides is 2. The van der Waals surface area contributed by atoms with Crippen LogP contribution in [0.4, 0.5) is 17.6 Å². The molecule has 0 saturated carbocycles. The number of ether oxygens (including phenoxy) is 2. The van der Waals surface area contributed by atoms with Crippen molar-refractivity contribution in [3.8, 4) is 11.6 Å². The molecule has 0 unspecified atom stereocenters. The number of rotatable bonds is 5. The Morgan fingerprint density at radius 2 is 1.79 bits per heavy atom. The number of halogens is 4. The van der Waals surface area contributed by atoms with Crippen molar-refractivity contribution in [3.05, 3.63) is 52.1 Å². The minimum Gasteiger partial charge on any atom is -0.465 e. The number of aromatic nitrogens is 3. The van der Waals surface area contributed by atoms with Crippen LogP contribution in [0.15, 0.2) is 29.2 Å². The molecule has 29 heavy (non-hydrogen) atoms. The number of nitrogens with zero attached hydrogens (tertiary/aromatic N) is 3. The van der Waals surface area contributed by atoms with Crippen LogP contribution in [-0.2, 0) is 4.74 Å². The van der Waals surface area contributed by atoms with E-state index in [1.54, 1.807) is 13.8 Å². The van der Waals surface area contributed by atoms with Crippen LogP contribution in [0.2, 0.25) is 0 Å². The second-order valence-electron chi connectivity index (χ2n) is 6.25. The fourth-order valence-electron chi connectivity index (χ4n) is 2.97. The summed E-state index contributed by atoms with van der Waals surface area (Å²) in [7, 11) is 1.07. The first-order valence-corrected chi connectivity index (χ1v) is 8.31. The van der Waals surface area contributed by atoms with Gasteiger partial charge in [-0.05, 0) is 19.9 Å². The maximum atomic E-state index is 14.5. The molecule has 0 aliphatic rings. The van der Waals surface area contributed by atoms with Crippen molar-refractivity contribution in [2.45, 2.75) is 26.5 Å². The van der Waals surface area contributed by atoms with Crippen LogP contribution in [0.25, 0.3) is 16.7 Å². The molecule has 0 N–H and O–H groups in total. The molecule has 0 aliphatic carbocycles. The van der Waals surface area contributed by atoms with E-state index in [0.29, 0.717) is 6.20 Å². The molecular weight excluding hydrogens is 398 g/mol. The number of esters is 1. The Balaban J connectivity index is 2.38. The van der Waals surface area contributed by atoms with E-state index in [0.717, 1.165) is 29.9 Å². The van der Waals surface area contributed by atoms with E-state index in [2.05, 4.69) is 14.5 Å². The van der Waals surface area contributed by atoms with E-state index in [1.165, 1.54) is 4.57 Å². The summed E-state index contributed by atoms with van der Waals surface area (Å²) in [6.07, 6.45) is 0.608. The summed E-state index contributed by atoms with van der Waals surface area (Å²) in [5.41, 5.74) is -1.61. The summed E-state index contributed by atoms with van der Waals surface area (Å²) >= 11 is 0. The Kier molecular flexibility index (Phi) is 5.31. The summed E-state index contributed by atoms with van der Waals surface area (Å²) in [6.45, 7) is 0.0934. The van der Waals surface area contributed by atoms with Crippen molar-refractivity contribution in [2.75, 3.05) is 7.11 Å². The number of pyridine rings is 1. The van der Waals surface area contributed by atoms with Crippen LogP contribution < -0.4 is 10.4 Å². The number of fused-ring (bicyclic) bond motifs is 1. The van der Waals surface area contributed by atoms with Gasteiger partial charge < -0.3 is 9.47 Å². The van der Waals surface area contributed by atoms with E-state index in [-0.39, 0.29) is 11.0 Å². The summed E-state index contributed by atoms with van der Waals surface area (Å²) in [5.74, 6) is -3.60. The zero-order valence-electron chi connectivity index (χ0n) is 15.5. The average Bonchev–Trinajstić information content (AvgIpc) is 2.92. The van der Waals surface area contributed by atoms with E-state index in [9.17, 15) is 27.2 Å². The number of hydrogen-bond acceptors (Lipinski definition) is 5. The molecule has 0 atom stereocenters. The minimum absolute atomic E-state index is 0.0815. The predicted octanol–water partition coefficient (Wildman–Crippen LogP) is 3.43. The Morgan fingerprint density at radius 3 is 2.38 bits per heavy atom. The maximum absolute atomic E-state index is 14.5. The molecule has 0 fully saturated rings. The standard InChI is InChI=1S/C18H15F4N3O4/c1-8(2)24-13-4-9(16(26)28-3)10(19)5-14(13)25(18(24)27)12-6-15(29-17(21)22)23-7-11(12)20/h4-8,17H,1-3H3. The lowest BCUT2D eigenvalue weighted by atomic mass is 10.1. The van der Waals surface area contributed by atoms with Gasteiger partial charge in [0.1, 0.15) is 5.82 Å². The lowest BCUT2D eigenvalue weighted by molar-refractivity contribution is -0.0529. The Hall–Kier alpha value is -3.37. The van der Waals surface area contributed by atoms with Crippen LogP contribution in [0.5, 0.6) is 5.88 Å². The summed E-state index contributed by atoms with van der Waals surface area (Å²) in [4.78, 5) is 28.2. The molecule has 0 aliphatic heterocycles. The lowest BCUT2D eigenvalue weighted by Crippen LogP contribution is -2.25. The molecule has 0 amide bonds. The fourth-order valence-corrected chi connectivity index (χ4v) is 2.97. The van der Waals surface area contributed by atoms with Gasteiger partial charge in [-0.2, -0.15) is 8.78 Å². The zero-order chi connectivity index (χ0) is 21.5. The zero-order valence-corrected chi connectivity index (χ0v) is 15.5. The number of methoxy groups -OCH3 is 1. The highest BCUT2D eigenvalue weighted by atomic mass is 19.3. The van der Waals surface area contributed by atoms with Crippen LogP contribution in [-0.4, -0.2) is 33.8 Å². The van der Waals surface area contributed by atoms with Crippen molar-refractivity contribution in [2.24, 2.45) is 0 Å². The summed E-state index contributed by atoms with van der Waals surface area (Å²) < 4.78 is 64.6. The molecule has 3 aromatic rings. The number of hydrogen-bond donors (Lipinski definition) is 0.